The Bertz CT molecular complexity index is 517. The highest BCUT2D eigenvalue weighted by Gasteiger charge is 2.28. The van der Waals surface area contributed by atoms with Gasteiger partial charge in [0.1, 0.15) is 0 Å². The van der Waals surface area contributed by atoms with Crippen LogP contribution in [0, 0.1) is 5.82 Å². The fraction of sp³-hybridized carbons (Fsp3) is 0.700. The molecule has 0 saturated carbocycles. The van der Waals surface area contributed by atoms with Crippen LogP contribution in [0.5, 0.6) is 0 Å². The predicted octanol–water partition coefficient (Wildman–Crippen LogP) is 0.480. The van der Waals surface area contributed by atoms with Crippen LogP contribution in [0.3, 0.4) is 0 Å². The van der Waals surface area contributed by atoms with Gasteiger partial charge in [-0.2, -0.15) is 5.10 Å². The Labute approximate surface area is 106 Å². The third-order valence-corrected chi connectivity index (χ3v) is 3.50. The lowest BCUT2D eigenvalue weighted by Crippen LogP contribution is -2.41. The van der Waals surface area contributed by atoms with Crippen molar-refractivity contribution in [3.05, 3.63) is 12.0 Å². The molecule has 1 heterocycles. The Balaban J connectivity index is 3.06. The summed E-state index contributed by atoms with van der Waals surface area (Å²) in [5.74, 6) is -0.938. The molecular formula is C10H18FN3O3S. The average Bonchev–Trinajstić information content (AvgIpc) is 2.41. The summed E-state index contributed by atoms with van der Waals surface area (Å²) in [6.07, 6.45) is 0.208. The van der Waals surface area contributed by atoms with Gasteiger partial charge in [-0.05, 0) is 27.7 Å². The van der Waals surface area contributed by atoms with Crippen molar-refractivity contribution in [2.45, 2.75) is 50.9 Å². The van der Waals surface area contributed by atoms with Gasteiger partial charge in [-0.15, -0.1) is 0 Å². The van der Waals surface area contributed by atoms with E-state index in [0.29, 0.717) is 0 Å². The number of hydrogen-bond donors (Lipinski definition) is 2. The summed E-state index contributed by atoms with van der Waals surface area (Å²) in [6.45, 7) is 6.48. The monoisotopic (exact) mass is 279 g/mol. The molecule has 104 valence electrons. The molecule has 0 radical (unpaired) electrons. The molecule has 1 aromatic heterocycles. The molecule has 0 aliphatic carbocycles. The Morgan fingerprint density at radius 1 is 1.56 bits per heavy atom. The van der Waals surface area contributed by atoms with Crippen molar-refractivity contribution in [2.75, 3.05) is 0 Å². The van der Waals surface area contributed by atoms with E-state index in [2.05, 4.69) is 9.82 Å². The first-order chi connectivity index (χ1) is 8.01. The highest BCUT2D eigenvalue weighted by atomic mass is 32.2. The summed E-state index contributed by atoms with van der Waals surface area (Å²) in [4.78, 5) is 0. The van der Waals surface area contributed by atoms with E-state index in [9.17, 15) is 12.8 Å². The zero-order valence-electron chi connectivity index (χ0n) is 10.8. The molecule has 0 bridgehead atoms. The standard InChI is InChI=1S/C10H18FN3O3S/c1-7(15)5-14-6-8(11)9(12-14)18(16,17)13-10(2,3)4/h6-7,13,15H,5H2,1-4H3/t7-/m0/s1. The maximum Gasteiger partial charge on any atom is 0.263 e. The van der Waals surface area contributed by atoms with Gasteiger partial charge in [-0.25, -0.2) is 17.5 Å². The highest BCUT2D eigenvalue weighted by Crippen LogP contribution is 2.14. The molecule has 1 rings (SSSR count). The number of nitrogens with zero attached hydrogens (tertiary/aromatic N) is 2. The third-order valence-electron chi connectivity index (χ3n) is 1.83. The van der Waals surface area contributed by atoms with Gasteiger partial charge in [-0.1, -0.05) is 0 Å². The van der Waals surface area contributed by atoms with Gasteiger partial charge < -0.3 is 5.11 Å². The fourth-order valence-corrected chi connectivity index (χ4v) is 2.80. The molecule has 0 aliphatic heterocycles. The summed E-state index contributed by atoms with van der Waals surface area (Å²) in [5.41, 5.74) is -0.723. The Morgan fingerprint density at radius 2 is 2.11 bits per heavy atom. The number of rotatable bonds is 4. The summed E-state index contributed by atoms with van der Waals surface area (Å²) >= 11 is 0. The topological polar surface area (TPSA) is 84.2 Å². The van der Waals surface area contributed by atoms with E-state index in [1.165, 1.54) is 6.92 Å². The highest BCUT2D eigenvalue weighted by molar-refractivity contribution is 7.89. The van der Waals surface area contributed by atoms with Crippen molar-refractivity contribution in [2.24, 2.45) is 0 Å². The van der Waals surface area contributed by atoms with Crippen LogP contribution in [0.25, 0.3) is 0 Å². The third kappa shape index (κ3) is 4.04. The SMILES string of the molecule is C[C@H](O)Cn1cc(F)c(S(=O)(=O)NC(C)(C)C)n1. The number of aliphatic hydroxyl groups is 1. The van der Waals surface area contributed by atoms with E-state index in [-0.39, 0.29) is 6.54 Å². The van der Waals surface area contributed by atoms with Crippen LogP contribution in [0.2, 0.25) is 0 Å². The molecule has 8 heteroatoms. The van der Waals surface area contributed by atoms with Crippen LogP contribution < -0.4 is 4.72 Å². The molecule has 1 aromatic rings. The largest absolute Gasteiger partial charge is 0.391 e. The average molecular weight is 279 g/mol. The van der Waals surface area contributed by atoms with Gasteiger partial charge in [0.2, 0.25) is 5.03 Å². The maximum absolute atomic E-state index is 13.5. The van der Waals surface area contributed by atoms with Gasteiger partial charge in [0, 0.05) is 5.54 Å². The normalized spacial score (nSPS) is 14.8. The molecule has 6 nitrogen and oxygen atoms in total. The second-order valence-corrected chi connectivity index (χ2v) is 6.81. The first kappa shape index (κ1) is 15.1. The van der Waals surface area contributed by atoms with Crippen LogP contribution in [0.1, 0.15) is 27.7 Å². The molecule has 0 unspecified atom stereocenters. The Kier molecular flexibility index (Phi) is 4.14. The summed E-state index contributed by atoms with van der Waals surface area (Å²) in [7, 11) is -4.00. The number of nitrogens with one attached hydrogen (secondary N) is 1. The van der Waals surface area contributed by atoms with Gasteiger partial charge in [-0.3, -0.25) is 4.68 Å². The molecule has 0 aliphatic rings. The van der Waals surface area contributed by atoms with Gasteiger partial charge in [0.05, 0.1) is 18.8 Å². The Hall–Kier alpha value is -0.990. The fourth-order valence-electron chi connectivity index (χ4n) is 1.38. The summed E-state index contributed by atoms with van der Waals surface area (Å²) in [5, 5.41) is 12.1. The number of aromatic nitrogens is 2. The molecule has 0 spiro atoms. The quantitative estimate of drug-likeness (QED) is 0.839. The van der Waals surface area contributed by atoms with Crippen molar-refractivity contribution < 1.29 is 17.9 Å². The maximum atomic E-state index is 13.5. The van der Waals surface area contributed by atoms with Crippen LogP contribution in [-0.2, 0) is 16.6 Å². The number of sulfonamides is 1. The van der Waals surface area contributed by atoms with Crippen molar-refractivity contribution in [3.63, 3.8) is 0 Å². The van der Waals surface area contributed by atoms with E-state index in [1.54, 1.807) is 20.8 Å². The summed E-state index contributed by atoms with van der Waals surface area (Å²) < 4.78 is 40.7. The molecule has 0 saturated heterocycles. The minimum Gasteiger partial charge on any atom is -0.391 e. The van der Waals surface area contributed by atoms with Crippen LogP contribution in [0.4, 0.5) is 4.39 Å². The summed E-state index contributed by atoms with van der Waals surface area (Å²) in [6, 6.07) is 0. The van der Waals surface area contributed by atoms with Gasteiger partial charge >= 0.3 is 0 Å². The first-order valence-corrected chi connectivity index (χ1v) is 6.94. The lowest BCUT2D eigenvalue weighted by Gasteiger charge is -2.19. The molecule has 0 amide bonds. The minimum atomic E-state index is -4.00. The van der Waals surface area contributed by atoms with E-state index in [1.807, 2.05) is 0 Å². The van der Waals surface area contributed by atoms with E-state index in [4.69, 9.17) is 5.11 Å². The van der Waals surface area contributed by atoms with E-state index >= 15 is 0 Å². The van der Waals surface area contributed by atoms with Gasteiger partial charge in [0.15, 0.2) is 5.82 Å². The number of hydrogen-bond acceptors (Lipinski definition) is 4. The molecular weight excluding hydrogens is 261 g/mol. The van der Waals surface area contributed by atoms with Crippen LogP contribution >= 0.6 is 0 Å². The zero-order valence-corrected chi connectivity index (χ0v) is 11.6. The molecule has 0 aromatic carbocycles. The lowest BCUT2D eigenvalue weighted by molar-refractivity contribution is 0.168. The van der Waals surface area contributed by atoms with Crippen molar-refractivity contribution in [3.8, 4) is 0 Å². The smallest absolute Gasteiger partial charge is 0.263 e. The van der Waals surface area contributed by atoms with Crippen LogP contribution in [0.15, 0.2) is 11.2 Å². The zero-order chi connectivity index (χ0) is 14.1. The molecule has 2 N–H and O–H groups in total. The van der Waals surface area contributed by atoms with Crippen molar-refractivity contribution in [1.82, 2.24) is 14.5 Å². The first-order valence-electron chi connectivity index (χ1n) is 5.46. The Morgan fingerprint density at radius 3 is 2.56 bits per heavy atom. The second-order valence-electron chi connectivity index (χ2n) is 5.21. The molecule has 1 atom stereocenters. The number of halogens is 1. The minimum absolute atomic E-state index is 0.0297. The molecule has 0 fully saturated rings. The van der Waals surface area contributed by atoms with Crippen molar-refractivity contribution in [1.29, 1.82) is 0 Å². The van der Waals surface area contributed by atoms with E-state index in [0.717, 1.165) is 10.9 Å². The molecule has 18 heavy (non-hydrogen) atoms. The predicted molar refractivity (Wildman–Crippen MR) is 63.9 cm³/mol. The van der Waals surface area contributed by atoms with Gasteiger partial charge in [0.25, 0.3) is 10.0 Å². The van der Waals surface area contributed by atoms with E-state index < -0.39 is 32.5 Å². The van der Waals surface area contributed by atoms with Crippen molar-refractivity contribution >= 4 is 10.0 Å². The number of aliphatic hydroxyl groups excluding tert-OH is 1. The lowest BCUT2D eigenvalue weighted by atomic mass is 10.1. The van der Waals surface area contributed by atoms with Crippen LogP contribution in [-0.4, -0.2) is 34.9 Å². The second kappa shape index (κ2) is 4.94.